The molecule has 0 fully saturated rings. The molecule has 4 nitrogen and oxygen atoms in total. The molecule has 0 amide bonds. The Morgan fingerprint density at radius 3 is 1.78 bits per heavy atom. The van der Waals surface area contributed by atoms with E-state index >= 15 is 0 Å². The molecule has 118 valence electrons. The molecular weight excluding hydrogens is 312 g/mol. The summed E-state index contributed by atoms with van der Waals surface area (Å²) in [5.74, 6) is -0.495. The average molecular weight is 328 g/mol. The van der Waals surface area contributed by atoms with E-state index in [0.717, 1.165) is 21.6 Å². The van der Waals surface area contributed by atoms with E-state index in [1.54, 1.807) is 35.6 Å². The summed E-state index contributed by atoms with van der Waals surface area (Å²) >= 11 is 1.63. The van der Waals surface area contributed by atoms with Crippen LogP contribution < -0.4 is 0 Å². The van der Waals surface area contributed by atoms with Gasteiger partial charge in [-0.1, -0.05) is 12.1 Å². The van der Waals surface area contributed by atoms with Crippen molar-refractivity contribution in [2.75, 3.05) is 0 Å². The maximum absolute atomic E-state index is 9.59. The van der Waals surface area contributed by atoms with Crippen LogP contribution >= 0.6 is 11.3 Å². The van der Waals surface area contributed by atoms with Crippen LogP contribution in [-0.2, 0) is 12.8 Å². The Kier molecular flexibility index (Phi) is 4.12. The first kappa shape index (κ1) is 15.2. The fraction of sp³-hybridized carbons (Fsp3) is 0.111. The molecule has 1 heterocycles. The average Bonchev–Trinajstić information content (AvgIpc) is 2.94. The van der Waals surface area contributed by atoms with Gasteiger partial charge in [0.2, 0.25) is 0 Å². The maximum Gasteiger partial charge on any atom is 0.157 e. The fourth-order valence-electron chi connectivity index (χ4n) is 2.44. The summed E-state index contributed by atoms with van der Waals surface area (Å²) in [6.07, 6.45) is 1.31. The van der Waals surface area contributed by atoms with Crippen molar-refractivity contribution in [3.05, 3.63) is 69.4 Å². The Morgan fingerprint density at radius 2 is 1.22 bits per heavy atom. The van der Waals surface area contributed by atoms with Gasteiger partial charge in [0.1, 0.15) is 0 Å². The van der Waals surface area contributed by atoms with Crippen molar-refractivity contribution in [2.24, 2.45) is 0 Å². The molecule has 0 aliphatic carbocycles. The monoisotopic (exact) mass is 328 g/mol. The molecule has 0 bridgehead atoms. The quantitative estimate of drug-likeness (QED) is 0.550. The van der Waals surface area contributed by atoms with E-state index in [-0.39, 0.29) is 23.0 Å². The van der Waals surface area contributed by atoms with Gasteiger partial charge in [-0.25, -0.2) is 0 Å². The Bertz CT molecular complexity index is 771. The van der Waals surface area contributed by atoms with Gasteiger partial charge in [-0.05, 0) is 58.8 Å². The predicted molar refractivity (Wildman–Crippen MR) is 89.5 cm³/mol. The summed E-state index contributed by atoms with van der Waals surface area (Å²) in [5, 5.41) is 39.9. The second-order valence-corrected chi connectivity index (χ2v) is 6.37. The van der Waals surface area contributed by atoms with E-state index in [1.807, 2.05) is 11.4 Å². The number of hydrogen-bond donors (Lipinski definition) is 4. The molecule has 1 aromatic heterocycles. The molecule has 3 aromatic rings. The zero-order valence-corrected chi connectivity index (χ0v) is 13.0. The van der Waals surface area contributed by atoms with Gasteiger partial charge in [-0.2, -0.15) is 0 Å². The summed E-state index contributed by atoms with van der Waals surface area (Å²) < 4.78 is 0. The number of benzene rings is 2. The van der Waals surface area contributed by atoms with Crippen LogP contribution in [0.2, 0.25) is 0 Å². The molecular formula is C18H16O4S. The molecule has 3 rings (SSSR count). The van der Waals surface area contributed by atoms with E-state index < -0.39 is 0 Å². The van der Waals surface area contributed by atoms with Crippen LogP contribution in [-0.4, -0.2) is 20.4 Å². The second-order valence-electron chi connectivity index (χ2n) is 5.37. The highest BCUT2D eigenvalue weighted by Crippen LogP contribution is 2.30. The van der Waals surface area contributed by atoms with Crippen molar-refractivity contribution in [3.63, 3.8) is 0 Å². The number of thiophene rings is 1. The van der Waals surface area contributed by atoms with Gasteiger partial charge in [0, 0.05) is 11.3 Å². The molecule has 0 saturated carbocycles. The summed E-state index contributed by atoms with van der Waals surface area (Å²) in [6, 6.07) is 11.7. The Labute approximate surface area is 137 Å². The van der Waals surface area contributed by atoms with Crippen molar-refractivity contribution in [1.29, 1.82) is 0 Å². The van der Waals surface area contributed by atoms with Gasteiger partial charge in [0.15, 0.2) is 23.0 Å². The van der Waals surface area contributed by atoms with Gasteiger partial charge in [0.25, 0.3) is 0 Å². The van der Waals surface area contributed by atoms with Crippen LogP contribution in [0.3, 0.4) is 0 Å². The third kappa shape index (κ3) is 3.40. The highest BCUT2D eigenvalue weighted by Gasteiger charge is 2.09. The lowest BCUT2D eigenvalue weighted by atomic mass is 10.0. The normalized spacial score (nSPS) is 10.8. The molecule has 0 aliphatic heterocycles. The predicted octanol–water partition coefficient (Wildman–Crippen LogP) is 3.75. The molecule has 5 heteroatoms. The Morgan fingerprint density at radius 1 is 0.652 bits per heavy atom. The molecule has 0 atom stereocenters. The fourth-order valence-corrected chi connectivity index (χ4v) is 3.38. The SMILES string of the molecule is Oc1ccc(Cc2ccsc2Cc2ccc(O)c(O)c2)cc1O. The van der Waals surface area contributed by atoms with E-state index in [0.29, 0.717) is 12.8 Å². The molecule has 4 N–H and O–H groups in total. The highest BCUT2D eigenvalue weighted by molar-refractivity contribution is 7.10. The van der Waals surface area contributed by atoms with E-state index in [4.69, 9.17) is 0 Å². The highest BCUT2D eigenvalue weighted by atomic mass is 32.1. The summed E-state index contributed by atoms with van der Waals surface area (Å²) in [7, 11) is 0. The number of hydrogen-bond acceptors (Lipinski definition) is 5. The zero-order chi connectivity index (χ0) is 16.4. The van der Waals surface area contributed by atoms with Crippen LogP contribution in [0.5, 0.6) is 23.0 Å². The molecule has 0 radical (unpaired) electrons. The van der Waals surface area contributed by atoms with E-state index in [2.05, 4.69) is 0 Å². The van der Waals surface area contributed by atoms with Crippen molar-refractivity contribution in [3.8, 4) is 23.0 Å². The second kappa shape index (κ2) is 6.22. The number of aromatic hydroxyl groups is 4. The number of phenolic OH excluding ortho intramolecular Hbond substituents is 4. The minimum atomic E-state index is -0.126. The van der Waals surface area contributed by atoms with Gasteiger partial charge >= 0.3 is 0 Å². The molecule has 0 unspecified atom stereocenters. The van der Waals surface area contributed by atoms with Gasteiger partial charge in [-0.3, -0.25) is 0 Å². The maximum atomic E-state index is 9.59. The Balaban J connectivity index is 1.81. The lowest BCUT2D eigenvalue weighted by Crippen LogP contribution is -1.93. The van der Waals surface area contributed by atoms with Crippen LogP contribution in [0.25, 0.3) is 0 Å². The van der Waals surface area contributed by atoms with Crippen LogP contribution in [0, 0.1) is 0 Å². The third-order valence-corrected chi connectivity index (χ3v) is 4.64. The largest absolute Gasteiger partial charge is 0.504 e. The van der Waals surface area contributed by atoms with Crippen molar-refractivity contribution < 1.29 is 20.4 Å². The smallest absolute Gasteiger partial charge is 0.157 e. The first-order valence-corrected chi connectivity index (χ1v) is 7.98. The summed E-state index contributed by atoms with van der Waals surface area (Å²) in [4.78, 5) is 1.16. The minimum absolute atomic E-state index is 0.121. The topological polar surface area (TPSA) is 80.9 Å². The standard InChI is InChI=1S/C18H16O4S/c19-14-3-1-11(8-16(14)21)7-13-5-6-23-18(13)10-12-2-4-15(20)17(22)9-12/h1-6,8-9,19-22H,7,10H2. The van der Waals surface area contributed by atoms with E-state index in [9.17, 15) is 20.4 Å². The van der Waals surface area contributed by atoms with Gasteiger partial charge in [0.05, 0.1) is 0 Å². The molecule has 0 spiro atoms. The Hall–Kier alpha value is -2.66. The van der Waals surface area contributed by atoms with Crippen LogP contribution in [0.15, 0.2) is 47.8 Å². The third-order valence-electron chi connectivity index (χ3n) is 3.68. The first-order chi connectivity index (χ1) is 11.0. The lowest BCUT2D eigenvalue weighted by molar-refractivity contribution is 0.403. The molecule has 0 saturated heterocycles. The first-order valence-electron chi connectivity index (χ1n) is 7.10. The van der Waals surface area contributed by atoms with Crippen LogP contribution in [0.1, 0.15) is 21.6 Å². The lowest BCUT2D eigenvalue weighted by Gasteiger charge is -2.07. The van der Waals surface area contributed by atoms with Gasteiger partial charge in [-0.15, -0.1) is 11.3 Å². The van der Waals surface area contributed by atoms with Crippen LogP contribution in [0.4, 0.5) is 0 Å². The van der Waals surface area contributed by atoms with E-state index in [1.165, 1.54) is 12.1 Å². The number of rotatable bonds is 4. The van der Waals surface area contributed by atoms with Crippen molar-refractivity contribution in [2.45, 2.75) is 12.8 Å². The summed E-state index contributed by atoms with van der Waals surface area (Å²) in [5.41, 5.74) is 2.96. The summed E-state index contributed by atoms with van der Waals surface area (Å²) in [6.45, 7) is 0. The minimum Gasteiger partial charge on any atom is -0.504 e. The van der Waals surface area contributed by atoms with Gasteiger partial charge < -0.3 is 20.4 Å². The number of phenols is 4. The molecule has 2 aromatic carbocycles. The van der Waals surface area contributed by atoms with Crippen molar-refractivity contribution in [1.82, 2.24) is 0 Å². The zero-order valence-electron chi connectivity index (χ0n) is 12.2. The van der Waals surface area contributed by atoms with Crippen molar-refractivity contribution >= 4 is 11.3 Å². The molecule has 23 heavy (non-hydrogen) atoms. The molecule has 0 aliphatic rings.